The lowest BCUT2D eigenvalue weighted by Crippen LogP contribution is -2.53. The maximum absolute atomic E-state index is 6.53. The van der Waals surface area contributed by atoms with Crippen molar-refractivity contribution >= 4 is 17.1 Å². The Morgan fingerprint density at radius 2 is 1.17 bits per heavy atom. The van der Waals surface area contributed by atoms with Crippen molar-refractivity contribution in [1.82, 2.24) is 0 Å². The maximum atomic E-state index is 6.53. The number of hydrogen-bond donors (Lipinski definition) is 0. The third kappa shape index (κ3) is 12.9. The van der Waals surface area contributed by atoms with Gasteiger partial charge in [0.05, 0.1) is 6.10 Å². The van der Waals surface area contributed by atoms with E-state index in [0.717, 1.165) is 13.0 Å². The van der Waals surface area contributed by atoms with Crippen LogP contribution in [-0.2, 0) is 13.0 Å². The highest BCUT2D eigenvalue weighted by Crippen LogP contribution is 2.26. The Balaban J connectivity index is 4.42. The second-order valence-electron chi connectivity index (χ2n) is 9.29. The Hall–Kier alpha value is -0.206. The van der Waals surface area contributed by atoms with Gasteiger partial charge in [-0.15, -0.1) is 13.2 Å². The predicted molar refractivity (Wildman–Crippen MR) is 132 cm³/mol. The Morgan fingerprint density at radius 3 is 1.59 bits per heavy atom. The maximum Gasteiger partial charge on any atom is 0.352 e. The molecule has 0 N–H and O–H groups in total. The SMILES string of the molecule is C=C[Si](C)(OCCCCCCCCCCC)O[Si](C)(C=C)OC(C(C)C)C(C)C. The van der Waals surface area contributed by atoms with Crippen LogP contribution in [0.2, 0.25) is 13.1 Å². The molecule has 0 radical (unpaired) electrons. The molecule has 0 heterocycles. The minimum absolute atomic E-state index is 0.157. The molecule has 0 aliphatic heterocycles. The minimum Gasteiger partial charge on any atom is -0.409 e. The molecule has 0 bridgehead atoms. The fraction of sp³-hybridized carbons (Fsp3) is 0.833. The zero-order chi connectivity index (χ0) is 22.3. The average molecular weight is 443 g/mol. The highest BCUT2D eigenvalue weighted by atomic mass is 28.5. The molecule has 0 amide bonds. The van der Waals surface area contributed by atoms with E-state index in [1.807, 2.05) is 11.4 Å². The summed E-state index contributed by atoms with van der Waals surface area (Å²) < 4.78 is 19.3. The molecule has 0 aromatic heterocycles. The highest BCUT2D eigenvalue weighted by Gasteiger charge is 2.42. The molecule has 0 rings (SSSR count). The van der Waals surface area contributed by atoms with Crippen molar-refractivity contribution in [3.63, 3.8) is 0 Å². The van der Waals surface area contributed by atoms with Crippen molar-refractivity contribution in [2.24, 2.45) is 11.8 Å². The largest absolute Gasteiger partial charge is 0.409 e. The molecule has 2 unspecified atom stereocenters. The lowest BCUT2D eigenvalue weighted by atomic mass is 9.97. The van der Waals surface area contributed by atoms with E-state index in [2.05, 4.69) is 60.9 Å². The second-order valence-corrected chi connectivity index (χ2v) is 15.5. The van der Waals surface area contributed by atoms with Gasteiger partial charge < -0.3 is 13.0 Å². The molecule has 0 fully saturated rings. The van der Waals surface area contributed by atoms with Gasteiger partial charge in [-0.1, -0.05) is 97.4 Å². The van der Waals surface area contributed by atoms with E-state index in [0.29, 0.717) is 11.8 Å². The Kier molecular flexibility index (Phi) is 15.5. The van der Waals surface area contributed by atoms with Crippen molar-refractivity contribution in [1.29, 1.82) is 0 Å². The first-order valence-electron chi connectivity index (χ1n) is 11.9. The molecule has 0 aliphatic carbocycles. The number of unbranched alkanes of at least 4 members (excludes halogenated alkanes) is 8. The molecule has 0 saturated heterocycles. The molecular weight excluding hydrogens is 392 g/mol. The quantitative estimate of drug-likeness (QED) is 0.151. The van der Waals surface area contributed by atoms with Gasteiger partial charge >= 0.3 is 17.1 Å². The first kappa shape index (κ1) is 28.8. The molecule has 172 valence electrons. The van der Waals surface area contributed by atoms with Gasteiger partial charge in [-0.05, 0) is 31.4 Å². The van der Waals surface area contributed by atoms with Crippen LogP contribution in [-0.4, -0.2) is 29.8 Å². The van der Waals surface area contributed by atoms with E-state index in [-0.39, 0.29) is 6.10 Å². The molecule has 0 aliphatic rings. The van der Waals surface area contributed by atoms with Crippen molar-refractivity contribution in [3.05, 3.63) is 24.6 Å². The molecular formula is C24H50O3Si2. The van der Waals surface area contributed by atoms with Crippen molar-refractivity contribution in [3.8, 4) is 0 Å². The molecule has 0 aromatic carbocycles. The van der Waals surface area contributed by atoms with E-state index in [1.165, 1.54) is 51.4 Å². The summed E-state index contributed by atoms with van der Waals surface area (Å²) in [4.78, 5) is 0. The van der Waals surface area contributed by atoms with Gasteiger partial charge in [0.2, 0.25) is 0 Å². The topological polar surface area (TPSA) is 27.7 Å². The van der Waals surface area contributed by atoms with E-state index in [1.54, 1.807) is 0 Å². The first-order valence-corrected chi connectivity index (χ1v) is 16.7. The molecule has 0 spiro atoms. The monoisotopic (exact) mass is 442 g/mol. The summed E-state index contributed by atoms with van der Waals surface area (Å²) in [5, 5.41) is 0. The van der Waals surface area contributed by atoms with Crippen LogP contribution in [0.1, 0.15) is 92.4 Å². The van der Waals surface area contributed by atoms with Crippen LogP contribution in [0.25, 0.3) is 0 Å². The van der Waals surface area contributed by atoms with Gasteiger partial charge in [0, 0.05) is 6.61 Å². The molecule has 2 atom stereocenters. The van der Waals surface area contributed by atoms with Crippen molar-refractivity contribution < 1.29 is 13.0 Å². The van der Waals surface area contributed by atoms with Gasteiger partial charge in [0.1, 0.15) is 0 Å². The van der Waals surface area contributed by atoms with Crippen molar-refractivity contribution in [2.45, 2.75) is 112 Å². The Bertz CT molecular complexity index is 434. The van der Waals surface area contributed by atoms with Crippen LogP contribution in [0, 0.1) is 11.8 Å². The smallest absolute Gasteiger partial charge is 0.352 e. The van der Waals surface area contributed by atoms with Crippen LogP contribution in [0.5, 0.6) is 0 Å². The summed E-state index contributed by atoms with van der Waals surface area (Å²) in [6.07, 6.45) is 12.0. The van der Waals surface area contributed by atoms with Crippen LogP contribution >= 0.6 is 0 Å². The van der Waals surface area contributed by atoms with E-state index in [9.17, 15) is 0 Å². The zero-order valence-corrected chi connectivity index (χ0v) is 22.6. The molecule has 29 heavy (non-hydrogen) atoms. The van der Waals surface area contributed by atoms with Crippen LogP contribution in [0.15, 0.2) is 24.6 Å². The summed E-state index contributed by atoms with van der Waals surface area (Å²) >= 11 is 0. The van der Waals surface area contributed by atoms with Gasteiger partial charge in [0.15, 0.2) is 0 Å². The van der Waals surface area contributed by atoms with E-state index < -0.39 is 17.1 Å². The Morgan fingerprint density at radius 1 is 0.724 bits per heavy atom. The number of hydrogen-bond acceptors (Lipinski definition) is 3. The third-order valence-electron chi connectivity index (χ3n) is 5.47. The molecule has 3 nitrogen and oxygen atoms in total. The predicted octanol–water partition coefficient (Wildman–Crippen LogP) is 7.84. The zero-order valence-electron chi connectivity index (χ0n) is 20.6. The standard InChI is InChI=1S/C24H50O3Si2/c1-10-13-14-15-16-17-18-19-20-21-25-28(8,11-2)27-29(9,12-3)26-24(22(4)5)23(6)7/h11-12,22-24H,2-3,10,13-21H2,1,4-9H3. The minimum atomic E-state index is -2.54. The fourth-order valence-corrected chi connectivity index (χ4v) is 9.81. The molecule has 5 heteroatoms. The average Bonchev–Trinajstić information content (AvgIpc) is 2.67. The van der Waals surface area contributed by atoms with Gasteiger partial charge in [-0.3, -0.25) is 0 Å². The van der Waals surface area contributed by atoms with Gasteiger partial charge in [0.25, 0.3) is 0 Å². The third-order valence-corrected chi connectivity index (χ3v) is 11.7. The van der Waals surface area contributed by atoms with Crippen LogP contribution in [0.4, 0.5) is 0 Å². The second kappa shape index (κ2) is 15.6. The van der Waals surface area contributed by atoms with Crippen LogP contribution < -0.4 is 0 Å². The lowest BCUT2D eigenvalue weighted by Gasteiger charge is -2.38. The summed E-state index contributed by atoms with van der Waals surface area (Å²) in [5.41, 5.74) is 3.78. The van der Waals surface area contributed by atoms with Gasteiger partial charge in [-0.2, -0.15) is 0 Å². The van der Waals surface area contributed by atoms with Gasteiger partial charge in [-0.25, -0.2) is 0 Å². The number of rotatable bonds is 19. The summed E-state index contributed by atoms with van der Waals surface area (Å²) in [6.45, 7) is 24.0. The van der Waals surface area contributed by atoms with Crippen LogP contribution in [0.3, 0.4) is 0 Å². The molecule has 0 aromatic rings. The lowest BCUT2D eigenvalue weighted by molar-refractivity contribution is 0.0718. The fourth-order valence-electron chi connectivity index (χ4n) is 3.65. The van der Waals surface area contributed by atoms with E-state index in [4.69, 9.17) is 13.0 Å². The normalized spacial score (nSPS) is 16.2. The summed E-state index contributed by atoms with van der Waals surface area (Å²) in [5.74, 6) is 0.870. The Labute approximate surface area is 184 Å². The molecule has 0 saturated carbocycles. The first-order chi connectivity index (χ1) is 13.6. The highest BCUT2D eigenvalue weighted by molar-refractivity contribution is 6.84. The summed E-state index contributed by atoms with van der Waals surface area (Å²) in [7, 11) is -5.01. The van der Waals surface area contributed by atoms with Crippen molar-refractivity contribution in [2.75, 3.05) is 6.61 Å². The summed E-state index contributed by atoms with van der Waals surface area (Å²) in [6, 6.07) is 0. The van der Waals surface area contributed by atoms with E-state index >= 15 is 0 Å².